The molecule has 0 saturated carbocycles. The molecule has 0 radical (unpaired) electrons. The van der Waals surface area contributed by atoms with Crippen molar-refractivity contribution in [1.82, 2.24) is 9.78 Å². The lowest BCUT2D eigenvalue weighted by molar-refractivity contribution is -0.00981. The van der Waals surface area contributed by atoms with E-state index in [4.69, 9.17) is 0 Å². The highest BCUT2D eigenvalue weighted by Gasteiger charge is 2.30. The zero-order chi connectivity index (χ0) is 12.3. The van der Waals surface area contributed by atoms with Gasteiger partial charge in [0.2, 0.25) is 0 Å². The minimum Gasteiger partial charge on any atom is -0.389 e. The number of aliphatic hydroxyl groups is 1. The topological polar surface area (TPSA) is 38.0 Å². The molecule has 92 valence electrons. The van der Waals surface area contributed by atoms with E-state index in [1.807, 2.05) is 18.7 Å². The van der Waals surface area contributed by atoms with Crippen molar-refractivity contribution in [3.63, 3.8) is 0 Å². The molecule has 1 N–H and O–H groups in total. The van der Waals surface area contributed by atoms with E-state index in [1.165, 1.54) is 0 Å². The fourth-order valence-corrected chi connectivity index (χ4v) is 1.96. The van der Waals surface area contributed by atoms with Gasteiger partial charge in [0.05, 0.1) is 11.3 Å². The molecule has 1 rings (SSSR count). The monoisotopic (exact) mass is 224 g/mol. The van der Waals surface area contributed by atoms with E-state index in [0.29, 0.717) is 6.42 Å². The highest BCUT2D eigenvalue weighted by atomic mass is 16.3. The Balaban J connectivity index is 2.89. The van der Waals surface area contributed by atoms with Gasteiger partial charge in [0, 0.05) is 19.2 Å². The summed E-state index contributed by atoms with van der Waals surface area (Å²) in [5, 5.41) is 14.9. The Morgan fingerprint density at radius 2 is 2.06 bits per heavy atom. The minimum absolute atomic E-state index is 0.262. The van der Waals surface area contributed by atoms with E-state index >= 15 is 0 Å². The average Bonchev–Trinajstić information content (AvgIpc) is 2.59. The summed E-state index contributed by atoms with van der Waals surface area (Å²) in [6, 6.07) is 2.10. The number of aromatic nitrogens is 2. The third kappa shape index (κ3) is 2.64. The van der Waals surface area contributed by atoms with Crippen LogP contribution < -0.4 is 0 Å². The first-order chi connectivity index (χ1) is 7.42. The lowest BCUT2D eigenvalue weighted by Crippen LogP contribution is -2.37. The number of aryl methyl sites for hydroxylation is 2. The molecule has 1 unspecified atom stereocenters. The smallest absolute Gasteiger partial charge is 0.0723 e. The number of rotatable bonds is 5. The Bertz CT molecular complexity index is 344. The Hall–Kier alpha value is -0.830. The highest BCUT2D eigenvalue weighted by molar-refractivity contribution is 5.13. The first-order valence-corrected chi connectivity index (χ1v) is 6.17. The van der Waals surface area contributed by atoms with Crippen LogP contribution in [0.2, 0.25) is 0 Å². The molecule has 0 aliphatic rings. The second-order valence-electron chi connectivity index (χ2n) is 4.89. The van der Waals surface area contributed by atoms with Crippen molar-refractivity contribution in [2.45, 2.75) is 52.6 Å². The molecule has 0 fully saturated rings. The van der Waals surface area contributed by atoms with Gasteiger partial charge in [0.1, 0.15) is 0 Å². The molecule has 1 atom stereocenters. The molecule has 0 spiro atoms. The molecule has 3 heteroatoms. The maximum atomic E-state index is 10.5. The maximum Gasteiger partial charge on any atom is 0.0723 e. The van der Waals surface area contributed by atoms with Gasteiger partial charge >= 0.3 is 0 Å². The summed E-state index contributed by atoms with van der Waals surface area (Å²) in [5.74, 6) is 0.262. The Labute approximate surface area is 98.5 Å². The molecular weight excluding hydrogens is 200 g/mol. The van der Waals surface area contributed by atoms with Gasteiger partial charge in [-0.25, -0.2) is 0 Å². The van der Waals surface area contributed by atoms with Crippen LogP contribution in [0.25, 0.3) is 0 Å². The summed E-state index contributed by atoms with van der Waals surface area (Å²) in [6.07, 6.45) is 2.40. The van der Waals surface area contributed by atoms with Crippen molar-refractivity contribution in [3.05, 3.63) is 17.5 Å². The van der Waals surface area contributed by atoms with Crippen LogP contribution >= 0.6 is 0 Å². The third-order valence-corrected chi connectivity index (χ3v) is 3.56. The van der Waals surface area contributed by atoms with Crippen molar-refractivity contribution in [3.8, 4) is 0 Å². The van der Waals surface area contributed by atoms with Crippen LogP contribution in [0.15, 0.2) is 6.07 Å². The highest BCUT2D eigenvalue weighted by Crippen LogP contribution is 2.25. The van der Waals surface area contributed by atoms with Gasteiger partial charge in [-0.3, -0.25) is 4.68 Å². The van der Waals surface area contributed by atoms with E-state index in [-0.39, 0.29) is 5.92 Å². The molecule has 1 heterocycles. The lowest BCUT2D eigenvalue weighted by Gasteiger charge is -2.31. The van der Waals surface area contributed by atoms with E-state index in [1.54, 1.807) is 0 Å². The zero-order valence-electron chi connectivity index (χ0n) is 11.1. The molecule has 0 amide bonds. The predicted molar refractivity (Wildman–Crippen MR) is 66.4 cm³/mol. The Kier molecular flexibility index (Phi) is 4.14. The van der Waals surface area contributed by atoms with Crippen molar-refractivity contribution in [1.29, 1.82) is 0 Å². The summed E-state index contributed by atoms with van der Waals surface area (Å²) in [6.45, 7) is 8.28. The average molecular weight is 224 g/mol. The van der Waals surface area contributed by atoms with Gasteiger partial charge in [-0.2, -0.15) is 5.10 Å². The SMILES string of the molecule is CCc1cc(CC(O)(CC)C(C)C)n(C)n1. The lowest BCUT2D eigenvalue weighted by atomic mass is 9.83. The van der Waals surface area contributed by atoms with E-state index in [2.05, 4.69) is 31.9 Å². The van der Waals surface area contributed by atoms with Gasteiger partial charge in [0.15, 0.2) is 0 Å². The summed E-state index contributed by atoms with van der Waals surface area (Å²) in [5.41, 5.74) is 1.60. The van der Waals surface area contributed by atoms with Crippen molar-refractivity contribution >= 4 is 0 Å². The van der Waals surface area contributed by atoms with Crippen LogP contribution in [-0.2, 0) is 19.9 Å². The van der Waals surface area contributed by atoms with Crippen molar-refractivity contribution in [2.24, 2.45) is 13.0 Å². The van der Waals surface area contributed by atoms with E-state index < -0.39 is 5.60 Å². The van der Waals surface area contributed by atoms with Gasteiger partial charge in [0.25, 0.3) is 0 Å². The summed E-state index contributed by atoms with van der Waals surface area (Å²) < 4.78 is 1.89. The number of nitrogens with zero attached hydrogens (tertiary/aromatic N) is 2. The van der Waals surface area contributed by atoms with E-state index in [0.717, 1.165) is 24.2 Å². The summed E-state index contributed by atoms with van der Waals surface area (Å²) in [4.78, 5) is 0. The van der Waals surface area contributed by atoms with E-state index in [9.17, 15) is 5.11 Å². The van der Waals surface area contributed by atoms with Gasteiger partial charge in [-0.15, -0.1) is 0 Å². The number of hydrogen-bond donors (Lipinski definition) is 1. The Morgan fingerprint density at radius 1 is 1.44 bits per heavy atom. The second kappa shape index (κ2) is 5.00. The molecule has 16 heavy (non-hydrogen) atoms. The second-order valence-corrected chi connectivity index (χ2v) is 4.89. The Morgan fingerprint density at radius 3 is 2.44 bits per heavy atom. The quantitative estimate of drug-likeness (QED) is 0.833. The van der Waals surface area contributed by atoms with Crippen molar-refractivity contribution in [2.75, 3.05) is 0 Å². The van der Waals surface area contributed by atoms with Crippen LogP contribution in [0.4, 0.5) is 0 Å². The number of hydrogen-bond acceptors (Lipinski definition) is 2. The van der Waals surface area contributed by atoms with Gasteiger partial charge in [-0.1, -0.05) is 27.7 Å². The molecule has 0 bridgehead atoms. The maximum absolute atomic E-state index is 10.5. The first kappa shape index (κ1) is 13.2. The van der Waals surface area contributed by atoms with Crippen LogP contribution in [-0.4, -0.2) is 20.5 Å². The van der Waals surface area contributed by atoms with Crippen LogP contribution in [0.3, 0.4) is 0 Å². The fraction of sp³-hybridized carbons (Fsp3) is 0.769. The van der Waals surface area contributed by atoms with Crippen LogP contribution in [0.1, 0.15) is 45.5 Å². The summed E-state index contributed by atoms with van der Waals surface area (Å²) in [7, 11) is 1.95. The summed E-state index contributed by atoms with van der Waals surface area (Å²) >= 11 is 0. The van der Waals surface area contributed by atoms with Gasteiger partial charge in [-0.05, 0) is 24.8 Å². The fourth-order valence-electron chi connectivity index (χ4n) is 1.96. The molecule has 3 nitrogen and oxygen atoms in total. The normalized spacial score (nSPS) is 15.4. The first-order valence-electron chi connectivity index (χ1n) is 6.17. The zero-order valence-corrected chi connectivity index (χ0v) is 11.1. The molecule has 1 aromatic heterocycles. The minimum atomic E-state index is -0.612. The molecule has 0 saturated heterocycles. The third-order valence-electron chi connectivity index (χ3n) is 3.56. The van der Waals surface area contributed by atoms with Crippen LogP contribution in [0, 0.1) is 5.92 Å². The van der Waals surface area contributed by atoms with Crippen molar-refractivity contribution < 1.29 is 5.11 Å². The standard InChI is InChI=1S/C13H24N2O/c1-6-11-8-12(15(5)14-11)9-13(16,7-2)10(3)4/h8,10,16H,6-7,9H2,1-5H3. The molecule has 0 aliphatic heterocycles. The van der Waals surface area contributed by atoms with Gasteiger partial charge < -0.3 is 5.11 Å². The molecule has 0 aliphatic carbocycles. The predicted octanol–water partition coefficient (Wildman–Crippen LogP) is 2.32. The largest absolute Gasteiger partial charge is 0.389 e. The molecule has 0 aromatic carbocycles. The molecule has 1 aromatic rings. The molecular formula is C13H24N2O. The van der Waals surface area contributed by atoms with Crippen LogP contribution in [0.5, 0.6) is 0 Å².